The number of rotatable bonds is 3. The molecule has 13 heavy (non-hydrogen) atoms. The lowest BCUT2D eigenvalue weighted by molar-refractivity contribution is 0.687. The van der Waals surface area contributed by atoms with Crippen molar-refractivity contribution in [2.75, 3.05) is 11.9 Å². The predicted octanol–water partition coefficient (Wildman–Crippen LogP) is 2.39. The van der Waals surface area contributed by atoms with Crippen LogP contribution in [0.4, 0.5) is 5.82 Å². The Labute approximate surface area is 82.4 Å². The van der Waals surface area contributed by atoms with Gasteiger partial charge in [0.2, 0.25) is 0 Å². The van der Waals surface area contributed by atoms with Crippen LogP contribution in [0.5, 0.6) is 0 Å². The maximum Gasteiger partial charge on any atom is 0.155 e. The smallest absolute Gasteiger partial charge is 0.155 e. The molecule has 4 heteroatoms. The van der Waals surface area contributed by atoms with Gasteiger partial charge < -0.3 is 5.32 Å². The third-order valence-corrected chi connectivity index (χ3v) is 2.39. The second kappa shape index (κ2) is 4.24. The minimum Gasteiger partial charge on any atom is -0.368 e. The third kappa shape index (κ3) is 2.71. The summed E-state index contributed by atoms with van der Waals surface area (Å²) in [6.07, 6.45) is 0. The molecule has 0 spiro atoms. The lowest BCUT2D eigenvalue weighted by atomic mass is 10.2. The van der Waals surface area contributed by atoms with Crippen molar-refractivity contribution in [2.45, 2.75) is 20.8 Å². The van der Waals surface area contributed by atoms with Gasteiger partial charge in [-0.05, 0) is 12.8 Å². The van der Waals surface area contributed by atoms with Gasteiger partial charge in [0.25, 0.3) is 0 Å². The summed E-state index contributed by atoms with van der Waals surface area (Å²) in [5, 5.41) is 12.9. The van der Waals surface area contributed by atoms with E-state index in [1.807, 2.05) is 6.92 Å². The Kier molecular flexibility index (Phi) is 3.26. The van der Waals surface area contributed by atoms with Gasteiger partial charge >= 0.3 is 0 Å². The standard InChI is InChI=1S/C9H13N3S/c1-6(2)5-11-9-8(4-10)13-7(3)12-9/h6,11H,5H2,1-3H3. The van der Waals surface area contributed by atoms with Gasteiger partial charge in [-0.3, -0.25) is 0 Å². The quantitative estimate of drug-likeness (QED) is 0.805. The van der Waals surface area contributed by atoms with E-state index in [9.17, 15) is 0 Å². The van der Waals surface area contributed by atoms with E-state index >= 15 is 0 Å². The lowest BCUT2D eigenvalue weighted by Crippen LogP contribution is -2.08. The summed E-state index contributed by atoms with van der Waals surface area (Å²) in [6, 6.07) is 2.13. The molecular weight excluding hydrogens is 182 g/mol. The molecule has 0 amide bonds. The van der Waals surface area contributed by atoms with Crippen molar-refractivity contribution in [2.24, 2.45) is 5.92 Å². The molecule has 1 aromatic rings. The zero-order valence-electron chi connectivity index (χ0n) is 8.09. The van der Waals surface area contributed by atoms with Gasteiger partial charge in [0, 0.05) is 6.54 Å². The summed E-state index contributed by atoms with van der Waals surface area (Å²) in [4.78, 5) is 4.92. The minimum atomic E-state index is 0.563. The topological polar surface area (TPSA) is 48.7 Å². The molecule has 3 nitrogen and oxygen atoms in total. The lowest BCUT2D eigenvalue weighted by Gasteiger charge is -2.05. The highest BCUT2D eigenvalue weighted by Gasteiger charge is 2.07. The van der Waals surface area contributed by atoms with Crippen LogP contribution in [0.1, 0.15) is 23.7 Å². The molecule has 0 aromatic carbocycles. The Morgan fingerprint density at radius 3 is 2.85 bits per heavy atom. The molecule has 1 N–H and O–H groups in total. The average Bonchev–Trinajstić information content (AvgIpc) is 2.42. The van der Waals surface area contributed by atoms with Gasteiger partial charge in [0.1, 0.15) is 10.9 Å². The van der Waals surface area contributed by atoms with Gasteiger partial charge in [-0.15, -0.1) is 11.3 Å². The average molecular weight is 195 g/mol. The number of nitriles is 1. The van der Waals surface area contributed by atoms with E-state index in [0.29, 0.717) is 10.8 Å². The van der Waals surface area contributed by atoms with E-state index in [2.05, 4.69) is 30.2 Å². The Bertz CT molecular complexity index is 322. The third-order valence-electron chi connectivity index (χ3n) is 1.51. The molecule has 0 saturated carbocycles. The van der Waals surface area contributed by atoms with E-state index in [-0.39, 0.29) is 0 Å². The molecule has 70 valence electrons. The van der Waals surface area contributed by atoms with E-state index in [0.717, 1.165) is 17.4 Å². The number of hydrogen-bond acceptors (Lipinski definition) is 4. The molecule has 0 saturated heterocycles. The minimum absolute atomic E-state index is 0.563. The van der Waals surface area contributed by atoms with Gasteiger partial charge in [-0.25, -0.2) is 4.98 Å². The van der Waals surface area contributed by atoms with Crippen molar-refractivity contribution in [3.63, 3.8) is 0 Å². The highest BCUT2D eigenvalue weighted by molar-refractivity contribution is 7.12. The van der Waals surface area contributed by atoms with Crippen molar-refractivity contribution in [3.05, 3.63) is 9.88 Å². The summed E-state index contributed by atoms with van der Waals surface area (Å²) in [5.41, 5.74) is 0. The molecule has 0 aliphatic carbocycles. The Hall–Kier alpha value is -1.08. The van der Waals surface area contributed by atoms with E-state index in [1.54, 1.807) is 0 Å². The van der Waals surface area contributed by atoms with Gasteiger partial charge in [-0.1, -0.05) is 13.8 Å². The maximum absolute atomic E-state index is 8.78. The van der Waals surface area contributed by atoms with Gasteiger partial charge in [0.15, 0.2) is 5.82 Å². The summed E-state index contributed by atoms with van der Waals surface area (Å²) in [5.74, 6) is 1.30. The fourth-order valence-electron chi connectivity index (χ4n) is 0.923. The highest BCUT2D eigenvalue weighted by Crippen LogP contribution is 2.21. The van der Waals surface area contributed by atoms with E-state index in [1.165, 1.54) is 11.3 Å². The van der Waals surface area contributed by atoms with Crippen LogP contribution in [0.15, 0.2) is 0 Å². The number of anilines is 1. The largest absolute Gasteiger partial charge is 0.368 e. The fourth-order valence-corrected chi connectivity index (χ4v) is 1.62. The molecule has 1 aromatic heterocycles. The van der Waals surface area contributed by atoms with Crippen LogP contribution in [-0.2, 0) is 0 Å². The predicted molar refractivity (Wildman–Crippen MR) is 54.9 cm³/mol. The second-order valence-electron chi connectivity index (χ2n) is 3.30. The first-order valence-electron chi connectivity index (χ1n) is 4.25. The zero-order valence-corrected chi connectivity index (χ0v) is 8.90. The summed E-state index contributed by atoms with van der Waals surface area (Å²) in [6.45, 7) is 7.01. The highest BCUT2D eigenvalue weighted by atomic mass is 32.1. The van der Waals surface area contributed by atoms with Crippen LogP contribution < -0.4 is 5.32 Å². The normalized spacial score (nSPS) is 10.1. The van der Waals surface area contributed by atoms with Crippen molar-refractivity contribution >= 4 is 17.2 Å². The number of hydrogen-bond donors (Lipinski definition) is 1. The number of nitrogens with one attached hydrogen (secondary N) is 1. The molecule has 1 heterocycles. The van der Waals surface area contributed by atoms with Crippen LogP contribution in [0.2, 0.25) is 0 Å². The Balaban J connectivity index is 2.71. The van der Waals surface area contributed by atoms with E-state index < -0.39 is 0 Å². The van der Waals surface area contributed by atoms with Crippen LogP contribution in [-0.4, -0.2) is 11.5 Å². The molecule has 0 aliphatic rings. The SMILES string of the molecule is Cc1nc(NCC(C)C)c(C#N)s1. The molecule has 0 atom stereocenters. The van der Waals surface area contributed by atoms with Crippen LogP contribution in [0, 0.1) is 24.2 Å². The summed E-state index contributed by atoms with van der Waals surface area (Å²) < 4.78 is 0. The first-order chi connectivity index (χ1) is 6.13. The van der Waals surface area contributed by atoms with Crippen LogP contribution in [0.25, 0.3) is 0 Å². The fraction of sp³-hybridized carbons (Fsp3) is 0.556. The maximum atomic E-state index is 8.78. The molecule has 0 bridgehead atoms. The zero-order chi connectivity index (χ0) is 9.84. The molecule has 0 fully saturated rings. The molecule has 1 rings (SSSR count). The van der Waals surface area contributed by atoms with Crippen LogP contribution >= 0.6 is 11.3 Å². The second-order valence-corrected chi connectivity index (χ2v) is 4.50. The first-order valence-corrected chi connectivity index (χ1v) is 5.06. The summed E-state index contributed by atoms with van der Waals surface area (Å²) in [7, 11) is 0. The van der Waals surface area contributed by atoms with Gasteiger partial charge in [0.05, 0.1) is 5.01 Å². The Morgan fingerprint density at radius 1 is 1.62 bits per heavy atom. The number of nitrogens with zero attached hydrogens (tertiary/aromatic N) is 2. The van der Waals surface area contributed by atoms with Crippen molar-refractivity contribution in [1.29, 1.82) is 5.26 Å². The van der Waals surface area contributed by atoms with Crippen LogP contribution in [0.3, 0.4) is 0 Å². The first kappa shape index (κ1) is 10.0. The molecule has 0 unspecified atom stereocenters. The number of aromatic nitrogens is 1. The molecule has 0 radical (unpaired) electrons. The van der Waals surface area contributed by atoms with Crippen molar-refractivity contribution in [3.8, 4) is 6.07 Å². The summed E-state index contributed by atoms with van der Waals surface area (Å²) >= 11 is 1.43. The molecule has 0 aliphatic heterocycles. The monoisotopic (exact) mass is 195 g/mol. The van der Waals surface area contributed by atoms with Crippen molar-refractivity contribution < 1.29 is 0 Å². The number of aryl methyl sites for hydroxylation is 1. The number of thiazole rings is 1. The molecular formula is C9H13N3S. The van der Waals surface area contributed by atoms with Crippen molar-refractivity contribution in [1.82, 2.24) is 4.98 Å². The Morgan fingerprint density at radius 2 is 2.31 bits per heavy atom. The van der Waals surface area contributed by atoms with E-state index in [4.69, 9.17) is 5.26 Å². The van der Waals surface area contributed by atoms with Gasteiger partial charge in [-0.2, -0.15) is 5.26 Å².